The van der Waals surface area contributed by atoms with Gasteiger partial charge < -0.3 is 10.1 Å². The van der Waals surface area contributed by atoms with Crippen molar-refractivity contribution in [3.63, 3.8) is 0 Å². The molecule has 0 saturated heterocycles. The third-order valence-electron chi connectivity index (χ3n) is 3.86. The number of anilines is 1. The molecule has 0 aliphatic rings. The van der Waals surface area contributed by atoms with Gasteiger partial charge >= 0.3 is 6.18 Å². The quantitative estimate of drug-likeness (QED) is 0.390. The monoisotopic (exact) mass is 429 g/mol. The molecule has 0 aliphatic carbocycles. The van der Waals surface area contributed by atoms with E-state index in [0.29, 0.717) is 30.3 Å². The van der Waals surface area contributed by atoms with Crippen molar-refractivity contribution in [2.45, 2.75) is 6.18 Å². The first-order valence-corrected chi connectivity index (χ1v) is 8.16. The van der Waals surface area contributed by atoms with Crippen LogP contribution >= 0.6 is 0 Å². The molecular formula is C20H10F7NO2. The summed E-state index contributed by atoms with van der Waals surface area (Å²) in [5, 5.41) is 2.12. The number of halogens is 7. The minimum absolute atomic E-state index is 0.00861. The Balaban J connectivity index is 1.79. The molecule has 0 unspecified atom stereocenters. The number of hydrogen-bond donors (Lipinski definition) is 1. The number of carbonyl (C=O) groups excluding carboxylic acids is 1. The van der Waals surface area contributed by atoms with Crippen molar-refractivity contribution in [2.24, 2.45) is 0 Å². The molecule has 1 N–H and O–H groups in total. The maximum absolute atomic E-state index is 13.7. The summed E-state index contributed by atoms with van der Waals surface area (Å²) < 4.78 is 97.9. The zero-order valence-electron chi connectivity index (χ0n) is 14.7. The number of nitrogens with one attached hydrogen (secondary N) is 1. The summed E-state index contributed by atoms with van der Waals surface area (Å²) in [6.07, 6.45) is -4.78. The molecule has 10 heteroatoms. The first-order chi connectivity index (χ1) is 14.1. The normalized spacial score (nSPS) is 11.3. The van der Waals surface area contributed by atoms with Gasteiger partial charge in [0.2, 0.25) is 0 Å². The largest absolute Gasteiger partial charge is 0.457 e. The Morgan fingerprint density at radius 1 is 0.833 bits per heavy atom. The van der Waals surface area contributed by atoms with Gasteiger partial charge in [0, 0.05) is 11.8 Å². The van der Waals surface area contributed by atoms with Crippen LogP contribution in [0.5, 0.6) is 11.5 Å². The number of hydrogen-bond acceptors (Lipinski definition) is 2. The maximum Gasteiger partial charge on any atom is 0.419 e. The zero-order chi connectivity index (χ0) is 22.1. The van der Waals surface area contributed by atoms with Gasteiger partial charge in [-0.05, 0) is 48.5 Å². The van der Waals surface area contributed by atoms with Gasteiger partial charge in [0.1, 0.15) is 28.7 Å². The van der Waals surface area contributed by atoms with Crippen molar-refractivity contribution >= 4 is 11.6 Å². The zero-order valence-corrected chi connectivity index (χ0v) is 14.7. The Morgan fingerprint density at radius 2 is 1.47 bits per heavy atom. The van der Waals surface area contributed by atoms with Gasteiger partial charge in [-0.1, -0.05) is 0 Å². The maximum atomic E-state index is 13.7. The highest BCUT2D eigenvalue weighted by Crippen LogP contribution is 2.38. The van der Waals surface area contributed by atoms with E-state index in [1.807, 2.05) is 0 Å². The van der Waals surface area contributed by atoms with E-state index in [4.69, 9.17) is 4.74 Å². The Hall–Kier alpha value is -3.56. The molecule has 0 fully saturated rings. The Bertz CT molecular complexity index is 1100. The van der Waals surface area contributed by atoms with Crippen LogP contribution in [0.2, 0.25) is 0 Å². The summed E-state index contributed by atoms with van der Waals surface area (Å²) in [6, 6.07) is 7.44. The summed E-state index contributed by atoms with van der Waals surface area (Å²) >= 11 is 0. The van der Waals surface area contributed by atoms with E-state index >= 15 is 0 Å². The fourth-order valence-electron chi connectivity index (χ4n) is 2.48. The summed E-state index contributed by atoms with van der Waals surface area (Å²) in [7, 11) is 0. The summed E-state index contributed by atoms with van der Waals surface area (Å²) in [5.74, 6) is -7.49. The summed E-state index contributed by atoms with van der Waals surface area (Å²) in [5.41, 5.74) is -2.34. The van der Waals surface area contributed by atoms with Crippen LogP contribution in [-0.2, 0) is 6.18 Å². The molecule has 1 amide bonds. The molecule has 0 aromatic heterocycles. The van der Waals surface area contributed by atoms with Crippen molar-refractivity contribution < 1.29 is 40.3 Å². The van der Waals surface area contributed by atoms with Crippen molar-refractivity contribution in [3.8, 4) is 11.5 Å². The van der Waals surface area contributed by atoms with E-state index in [0.717, 1.165) is 24.3 Å². The van der Waals surface area contributed by atoms with Crippen LogP contribution in [0.3, 0.4) is 0 Å². The molecular weight excluding hydrogens is 419 g/mol. The summed E-state index contributed by atoms with van der Waals surface area (Å²) in [6.45, 7) is 0. The van der Waals surface area contributed by atoms with Gasteiger partial charge in [-0.2, -0.15) is 13.2 Å². The predicted octanol–water partition coefficient (Wildman–Crippen LogP) is 6.31. The average molecular weight is 429 g/mol. The predicted molar refractivity (Wildman–Crippen MR) is 92.2 cm³/mol. The fraction of sp³-hybridized carbons (Fsp3) is 0.0500. The van der Waals surface area contributed by atoms with Crippen molar-refractivity contribution in [3.05, 3.63) is 89.0 Å². The molecule has 3 aromatic rings. The Morgan fingerprint density at radius 3 is 2.10 bits per heavy atom. The van der Waals surface area contributed by atoms with Crippen LogP contribution in [0, 0.1) is 23.3 Å². The SMILES string of the molecule is O=C(Nc1ccc(Oc2cc(F)ccc2C(F)(F)F)cc1)c1c(F)ccc(F)c1F. The molecule has 0 radical (unpaired) electrons. The lowest BCUT2D eigenvalue weighted by molar-refractivity contribution is -0.138. The third-order valence-corrected chi connectivity index (χ3v) is 3.86. The van der Waals surface area contributed by atoms with Gasteiger partial charge in [-0.3, -0.25) is 4.79 Å². The van der Waals surface area contributed by atoms with Gasteiger partial charge in [0.25, 0.3) is 5.91 Å². The topological polar surface area (TPSA) is 38.3 Å². The number of ether oxygens (including phenoxy) is 1. The van der Waals surface area contributed by atoms with E-state index in [-0.39, 0.29) is 11.4 Å². The van der Waals surface area contributed by atoms with E-state index in [9.17, 15) is 35.5 Å². The highest BCUT2D eigenvalue weighted by Gasteiger charge is 2.34. The van der Waals surface area contributed by atoms with Crippen LogP contribution < -0.4 is 10.1 Å². The van der Waals surface area contributed by atoms with Crippen molar-refractivity contribution in [2.75, 3.05) is 5.32 Å². The lowest BCUT2D eigenvalue weighted by Gasteiger charge is -2.14. The minimum Gasteiger partial charge on any atom is -0.457 e. The van der Waals surface area contributed by atoms with Crippen molar-refractivity contribution in [1.29, 1.82) is 0 Å². The second-order valence-corrected chi connectivity index (χ2v) is 5.94. The first-order valence-electron chi connectivity index (χ1n) is 8.16. The number of alkyl halides is 3. The van der Waals surface area contributed by atoms with E-state index in [1.54, 1.807) is 0 Å². The number of benzene rings is 3. The average Bonchev–Trinajstić information content (AvgIpc) is 2.66. The van der Waals surface area contributed by atoms with Gasteiger partial charge in [0.15, 0.2) is 11.6 Å². The molecule has 3 aromatic carbocycles. The molecule has 0 heterocycles. The highest BCUT2D eigenvalue weighted by molar-refractivity contribution is 6.04. The second kappa shape index (κ2) is 8.05. The Labute approximate surface area is 164 Å². The molecule has 0 aliphatic heterocycles. The van der Waals surface area contributed by atoms with E-state index in [2.05, 4.69) is 5.32 Å². The van der Waals surface area contributed by atoms with Gasteiger partial charge in [-0.25, -0.2) is 17.6 Å². The molecule has 0 bridgehead atoms. The van der Waals surface area contributed by atoms with Crippen LogP contribution in [0.1, 0.15) is 15.9 Å². The smallest absolute Gasteiger partial charge is 0.419 e. The molecule has 0 saturated carbocycles. The summed E-state index contributed by atoms with van der Waals surface area (Å²) in [4.78, 5) is 12.0. The Kier molecular flexibility index (Phi) is 5.68. The third kappa shape index (κ3) is 4.53. The lowest BCUT2D eigenvalue weighted by Crippen LogP contribution is -2.16. The second-order valence-electron chi connectivity index (χ2n) is 5.94. The van der Waals surface area contributed by atoms with Crippen LogP contribution in [0.25, 0.3) is 0 Å². The van der Waals surface area contributed by atoms with E-state index in [1.165, 1.54) is 0 Å². The van der Waals surface area contributed by atoms with Crippen LogP contribution in [0.4, 0.5) is 36.4 Å². The van der Waals surface area contributed by atoms with Gasteiger partial charge in [0.05, 0.1) is 5.56 Å². The van der Waals surface area contributed by atoms with Crippen LogP contribution in [-0.4, -0.2) is 5.91 Å². The molecule has 3 nitrogen and oxygen atoms in total. The lowest BCUT2D eigenvalue weighted by atomic mass is 10.1. The molecule has 0 atom stereocenters. The van der Waals surface area contributed by atoms with Gasteiger partial charge in [-0.15, -0.1) is 0 Å². The standard InChI is InChI=1S/C20H10F7NO2/c21-10-1-6-13(20(25,26)27)16(9-10)30-12-4-2-11(3-5-12)28-19(29)17-14(22)7-8-15(23)18(17)24/h1-9H,(H,28,29). The molecule has 0 spiro atoms. The number of carbonyl (C=O) groups is 1. The minimum atomic E-state index is -4.78. The van der Waals surface area contributed by atoms with E-state index < -0.39 is 52.2 Å². The highest BCUT2D eigenvalue weighted by atomic mass is 19.4. The fourth-order valence-corrected chi connectivity index (χ4v) is 2.48. The first kappa shape index (κ1) is 21.2. The molecule has 3 rings (SSSR count). The van der Waals surface area contributed by atoms with Crippen LogP contribution in [0.15, 0.2) is 54.6 Å². The number of amides is 1. The number of rotatable bonds is 4. The molecule has 30 heavy (non-hydrogen) atoms. The van der Waals surface area contributed by atoms with Crippen molar-refractivity contribution in [1.82, 2.24) is 0 Å². The molecule has 156 valence electrons.